The Bertz CT molecular complexity index is 1280. The number of amides is 1. The number of fused-ring (bicyclic) bond motifs is 1. The van der Waals surface area contributed by atoms with Crippen LogP contribution in [0.15, 0.2) is 60.8 Å². The van der Waals surface area contributed by atoms with E-state index in [1.807, 2.05) is 12.1 Å². The maximum Gasteiger partial charge on any atom is 0.269 e. The Balaban J connectivity index is 1.70. The number of pyridine rings is 1. The fourth-order valence-electron chi connectivity index (χ4n) is 3.14. The van der Waals surface area contributed by atoms with Gasteiger partial charge in [0.1, 0.15) is 11.3 Å². The molecule has 2 aromatic heterocycles. The van der Waals surface area contributed by atoms with Gasteiger partial charge in [0.15, 0.2) is 5.13 Å². The van der Waals surface area contributed by atoms with Crippen LogP contribution in [0.1, 0.15) is 11.3 Å². The summed E-state index contributed by atoms with van der Waals surface area (Å²) in [6.07, 6.45) is 1.71. The molecule has 32 heavy (non-hydrogen) atoms. The van der Waals surface area contributed by atoms with Crippen LogP contribution in [0.25, 0.3) is 10.2 Å². The Labute approximate surface area is 192 Å². The van der Waals surface area contributed by atoms with Crippen molar-refractivity contribution >= 4 is 49.9 Å². The van der Waals surface area contributed by atoms with Crippen LogP contribution in [-0.2, 0) is 17.8 Å². The van der Waals surface area contributed by atoms with E-state index in [4.69, 9.17) is 16.3 Å². The standard InChI is InChI=1S/C22H17ClN4O4S/c1-31-18-10-9-17(23)21-20(18)25-22(32-21)26(13-15-4-2-3-11-24-15)19(28)12-14-5-7-16(8-6-14)27(29)30/h2-11H,12-13H2,1H3. The summed E-state index contributed by atoms with van der Waals surface area (Å²) in [4.78, 5) is 34.2. The third kappa shape index (κ3) is 4.53. The molecule has 0 N–H and O–H groups in total. The summed E-state index contributed by atoms with van der Waals surface area (Å²) in [7, 11) is 1.55. The molecule has 0 spiro atoms. The van der Waals surface area contributed by atoms with Gasteiger partial charge in [-0.3, -0.25) is 24.8 Å². The molecule has 0 saturated carbocycles. The molecule has 0 bridgehead atoms. The highest BCUT2D eigenvalue weighted by atomic mass is 35.5. The van der Waals surface area contributed by atoms with E-state index in [2.05, 4.69) is 9.97 Å². The summed E-state index contributed by atoms with van der Waals surface area (Å²) in [5.41, 5.74) is 1.90. The number of halogens is 1. The van der Waals surface area contributed by atoms with E-state index in [0.29, 0.717) is 32.7 Å². The number of hydrogen-bond acceptors (Lipinski definition) is 7. The summed E-state index contributed by atoms with van der Waals surface area (Å²) < 4.78 is 6.11. The molecule has 0 fully saturated rings. The predicted molar refractivity (Wildman–Crippen MR) is 123 cm³/mol. The number of nitrogens with zero attached hydrogens (tertiary/aromatic N) is 4. The molecule has 0 unspecified atom stereocenters. The number of rotatable bonds is 7. The number of carbonyl (C=O) groups excluding carboxylic acids is 1. The Morgan fingerprint density at radius 3 is 2.62 bits per heavy atom. The fraction of sp³-hybridized carbons (Fsp3) is 0.136. The van der Waals surface area contributed by atoms with Crippen LogP contribution in [0.4, 0.5) is 10.8 Å². The molecule has 2 heterocycles. The third-order valence-corrected chi connectivity index (χ3v) is 6.29. The van der Waals surface area contributed by atoms with Crippen molar-refractivity contribution in [3.8, 4) is 5.75 Å². The van der Waals surface area contributed by atoms with Crippen molar-refractivity contribution in [1.82, 2.24) is 9.97 Å². The summed E-state index contributed by atoms with van der Waals surface area (Å²) in [6.45, 7) is 0.215. The van der Waals surface area contributed by atoms with Crippen molar-refractivity contribution in [2.45, 2.75) is 13.0 Å². The van der Waals surface area contributed by atoms with Gasteiger partial charge in [-0.05, 0) is 29.8 Å². The third-order valence-electron chi connectivity index (χ3n) is 4.75. The first-order valence-corrected chi connectivity index (χ1v) is 10.7. The molecule has 10 heteroatoms. The van der Waals surface area contributed by atoms with Crippen LogP contribution in [0, 0.1) is 10.1 Å². The maximum absolute atomic E-state index is 13.3. The number of hydrogen-bond donors (Lipinski definition) is 0. The van der Waals surface area contributed by atoms with E-state index in [1.165, 1.54) is 23.5 Å². The van der Waals surface area contributed by atoms with E-state index in [-0.39, 0.29) is 24.6 Å². The average Bonchev–Trinajstić information content (AvgIpc) is 3.25. The zero-order valence-corrected chi connectivity index (χ0v) is 18.5. The zero-order chi connectivity index (χ0) is 22.7. The molecule has 162 valence electrons. The molecule has 4 aromatic rings. The second-order valence-electron chi connectivity index (χ2n) is 6.83. The number of anilines is 1. The van der Waals surface area contributed by atoms with Gasteiger partial charge in [0.2, 0.25) is 5.91 Å². The van der Waals surface area contributed by atoms with Crippen molar-refractivity contribution in [2.75, 3.05) is 12.0 Å². The van der Waals surface area contributed by atoms with Gasteiger partial charge in [0, 0.05) is 18.3 Å². The van der Waals surface area contributed by atoms with Gasteiger partial charge in [-0.25, -0.2) is 4.98 Å². The molecular formula is C22H17ClN4O4S. The number of methoxy groups -OCH3 is 1. The number of non-ortho nitro benzene ring substituents is 1. The summed E-state index contributed by atoms with van der Waals surface area (Å²) in [6, 6.07) is 14.9. The van der Waals surface area contributed by atoms with Crippen molar-refractivity contribution in [2.24, 2.45) is 0 Å². The molecule has 1 amide bonds. The summed E-state index contributed by atoms with van der Waals surface area (Å²) >= 11 is 7.65. The van der Waals surface area contributed by atoms with Crippen LogP contribution < -0.4 is 9.64 Å². The lowest BCUT2D eigenvalue weighted by Gasteiger charge is -2.19. The zero-order valence-electron chi connectivity index (χ0n) is 16.9. The largest absolute Gasteiger partial charge is 0.494 e. The first-order valence-electron chi connectivity index (χ1n) is 9.53. The van der Waals surface area contributed by atoms with Gasteiger partial charge >= 0.3 is 0 Å². The second kappa shape index (κ2) is 9.29. The van der Waals surface area contributed by atoms with Crippen LogP contribution in [0.2, 0.25) is 5.02 Å². The first-order chi connectivity index (χ1) is 15.5. The fourth-order valence-corrected chi connectivity index (χ4v) is 4.42. The molecule has 0 saturated heterocycles. The lowest BCUT2D eigenvalue weighted by atomic mass is 10.1. The van der Waals surface area contributed by atoms with Gasteiger partial charge in [-0.1, -0.05) is 41.1 Å². The van der Waals surface area contributed by atoms with Crippen molar-refractivity contribution < 1.29 is 14.5 Å². The Hall–Kier alpha value is -3.56. The van der Waals surface area contributed by atoms with E-state index in [9.17, 15) is 14.9 Å². The lowest BCUT2D eigenvalue weighted by Crippen LogP contribution is -2.32. The van der Waals surface area contributed by atoms with Crippen LogP contribution in [0.3, 0.4) is 0 Å². The second-order valence-corrected chi connectivity index (χ2v) is 8.21. The molecular weight excluding hydrogens is 452 g/mol. The molecule has 4 rings (SSSR count). The molecule has 0 atom stereocenters. The highest BCUT2D eigenvalue weighted by molar-refractivity contribution is 7.23. The summed E-state index contributed by atoms with van der Waals surface area (Å²) in [5, 5.41) is 11.9. The van der Waals surface area contributed by atoms with Crippen molar-refractivity contribution in [3.05, 3.63) is 87.2 Å². The number of aromatic nitrogens is 2. The maximum atomic E-state index is 13.3. The van der Waals surface area contributed by atoms with E-state index in [1.54, 1.807) is 48.5 Å². The molecule has 0 aliphatic rings. The number of ether oxygens (including phenoxy) is 1. The smallest absolute Gasteiger partial charge is 0.269 e. The lowest BCUT2D eigenvalue weighted by molar-refractivity contribution is -0.384. The normalized spacial score (nSPS) is 10.8. The van der Waals surface area contributed by atoms with E-state index in [0.717, 1.165) is 4.70 Å². The highest BCUT2D eigenvalue weighted by Crippen LogP contribution is 2.39. The Kier molecular flexibility index (Phi) is 6.29. The minimum atomic E-state index is -0.475. The molecule has 0 radical (unpaired) electrons. The average molecular weight is 469 g/mol. The SMILES string of the molecule is COc1ccc(Cl)c2sc(N(Cc3ccccn3)C(=O)Cc3ccc([N+](=O)[O-])cc3)nc12. The first kappa shape index (κ1) is 21.7. The quantitative estimate of drug-likeness (QED) is 0.278. The van der Waals surface area contributed by atoms with Crippen molar-refractivity contribution in [1.29, 1.82) is 0 Å². The highest BCUT2D eigenvalue weighted by Gasteiger charge is 2.23. The van der Waals surface area contributed by atoms with Gasteiger partial charge in [0.25, 0.3) is 5.69 Å². The van der Waals surface area contributed by atoms with Gasteiger partial charge in [0.05, 0.1) is 40.4 Å². The van der Waals surface area contributed by atoms with Gasteiger partial charge in [-0.2, -0.15) is 0 Å². The Morgan fingerprint density at radius 1 is 1.19 bits per heavy atom. The number of nitro benzene ring substituents is 1. The van der Waals surface area contributed by atoms with Gasteiger partial charge in [-0.15, -0.1) is 0 Å². The molecule has 0 aliphatic carbocycles. The number of benzene rings is 2. The summed E-state index contributed by atoms with van der Waals surface area (Å²) in [5.74, 6) is 0.339. The van der Waals surface area contributed by atoms with Gasteiger partial charge < -0.3 is 4.74 Å². The minimum absolute atomic E-state index is 0.0283. The molecule has 0 aliphatic heterocycles. The van der Waals surface area contributed by atoms with Crippen LogP contribution in [0.5, 0.6) is 5.75 Å². The predicted octanol–water partition coefficient (Wildman–Crippen LogP) is 5.04. The van der Waals surface area contributed by atoms with E-state index >= 15 is 0 Å². The number of nitro groups is 1. The minimum Gasteiger partial charge on any atom is -0.494 e. The Morgan fingerprint density at radius 2 is 1.97 bits per heavy atom. The topological polar surface area (TPSA) is 98.5 Å². The monoisotopic (exact) mass is 468 g/mol. The van der Waals surface area contributed by atoms with Crippen LogP contribution >= 0.6 is 22.9 Å². The van der Waals surface area contributed by atoms with E-state index < -0.39 is 4.92 Å². The number of carbonyl (C=O) groups is 1. The number of thiazole rings is 1. The molecule has 8 nitrogen and oxygen atoms in total. The van der Waals surface area contributed by atoms with Crippen molar-refractivity contribution in [3.63, 3.8) is 0 Å². The molecule has 2 aromatic carbocycles. The van der Waals surface area contributed by atoms with Crippen LogP contribution in [-0.4, -0.2) is 27.9 Å².